The van der Waals surface area contributed by atoms with Gasteiger partial charge in [0.1, 0.15) is 0 Å². The standard InChI is InChI=1S/C37H54N4O10S/c1-24(2)40(25(3)4)35(43)38-16-15-37(5,6)22-39(52(46,47)27-12-13-32-33(19-27)51-23-50-32)20-31(42)29(18-26-10-8-7-9-11-26)41(36(44)45)30-21-49-34-28(30)14-17-48-34/h7-13,19,24-25,28-31,34,42H,14-18,20-23H2,1-6H3,(H,38,43)(H,44,45)/t28-,29-,30-,31+,34+/m0/s1. The highest BCUT2D eigenvalue weighted by Gasteiger charge is 2.49. The number of hydrogen-bond acceptors (Lipinski definition) is 9. The number of sulfonamides is 1. The van der Waals surface area contributed by atoms with Crippen molar-refractivity contribution in [3.63, 3.8) is 0 Å². The monoisotopic (exact) mass is 746 g/mol. The zero-order chi connectivity index (χ0) is 37.8. The summed E-state index contributed by atoms with van der Waals surface area (Å²) in [5.74, 6) is 0.495. The number of fused-ring (bicyclic) bond motifs is 2. The fourth-order valence-corrected chi connectivity index (χ4v) is 9.18. The van der Waals surface area contributed by atoms with Crippen LogP contribution in [0.5, 0.6) is 11.5 Å². The Morgan fingerprint density at radius 1 is 1.00 bits per heavy atom. The third-order valence-electron chi connectivity index (χ3n) is 10.1. The predicted octanol–water partition coefficient (Wildman–Crippen LogP) is 4.36. The third-order valence-corrected chi connectivity index (χ3v) is 11.9. The number of aliphatic hydroxyl groups excluding tert-OH is 1. The zero-order valence-corrected chi connectivity index (χ0v) is 31.8. The van der Waals surface area contributed by atoms with E-state index in [0.717, 1.165) is 5.56 Å². The molecule has 2 aromatic rings. The summed E-state index contributed by atoms with van der Waals surface area (Å²) in [4.78, 5) is 29.0. The molecule has 0 bridgehead atoms. The number of hydrogen-bond donors (Lipinski definition) is 3. The first-order chi connectivity index (χ1) is 24.6. The molecule has 2 saturated heterocycles. The number of carboxylic acid groups (broad SMARTS) is 1. The average Bonchev–Trinajstić information content (AvgIpc) is 3.82. The lowest BCUT2D eigenvalue weighted by molar-refractivity contribution is -0.0906. The Labute approximate surface area is 307 Å². The lowest BCUT2D eigenvalue weighted by atomic mass is 9.89. The number of carbonyl (C=O) groups is 2. The Kier molecular flexibility index (Phi) is 12.6. The quantitative estimate of drug-likeness (QED) is 0.225. The maximum absolute atomic E-state index is 14.5. The summed E-state index contributed by atoms with van der Waals surface area (Å²) in [5, 5.41) is 25.8. The van der Waals surface area contributed by atoms with E-state index in [1.807, 2.05) is 71.9 Å². The molecule has 2 fully saturated rings. The van der Waals surface area contributed by atoms with Crippen LogP contribution in [-0.2, 0) is 25.9 Å². The second-order valence-corrected chi connectivity index (χ2v) is 17.1. The molecule has 3 heterocycles. The fraction of sp³-hybridized carbons (Fsp3) is 0.622. The zero-order valence-electron chi connectivity index (χ0n) is 30.9. The summed E-state index contributed by atoms with van der Waals surface area (Å²) in [7, 11) is -4.28. The molecule has 5 rings (SSSR count). The summed E-state index contributed by atoms with van der Waals surface area (Å²) >= 11 is 0. The van der Waals surface area contributed by atoms with Crippen molar-refractivity contribution in [3.05, 3.63) is 54.1 Å². The number of carbonyl (C=O) groups excluding carboxylic acids is 1. The van der Waals surface area contributed by atoms with Crippen LogP contribution in [0.15, 0.2) is 53.4 Å². The van der Waals surface area contributed by atoms with E-state index in [1.165, 1.54) is 27.4 Å². The molecule has 288 valence electrons. The number of amides is 3. The van der Waals surface area contributed by atoms with Crippen molar-refractivity contribution in [1.82, 2.24) is 19.4 Å². The van der Waals surface area contributed by atoms with Crippen LogP contribution in [0.4, 0.5) is 9.59 Å². The molecule has 0 radical (unpaired) electrons. The van der Waals surface area contributed by atoms with E-state index in [9.17, 15) is 28.2 Å². The molecular formula is C37H54N4O10S. The van der Waals surface area contributed by atoms with Crippen LogP contribution in [0.2, 0.25) is 0 Å². The van der Waals surface area contributed by atoms with Gasteiger partial charge >= 0.3 is 12.1 Å². The van der Waals surface area contributed by atoms with Crippen LogP contribution in [0.1, 0.15) is 59.9 Å². The van der Waals surface area contributed by atoms with Crippen LogP contribution in [0, 0.1) is 11.3 Å². The molecule has 0 saturated carbocycles. The van der Waals surface area contributed by atoms with Gasteiger partial charge in [0, 0.05) is 43.7 Å². The second-order valence-electron chi connectivity index (χ2n) is 15.2. The van der Waals surface area contributed by atoms with Crippen molar-refractivity contribution in [2.75, 3.05) is 39.6 Å². The molecule has 3 amide bonds. The summed E-state index contributed by atoms with van der Waals surface area (Å²) < 4.78 is 52.7. The molecule has 5 atom stereocenters. The van der Waals surface area contributed by atoms with Gasteiger partial charge in [0.2, 0.25) is 16.8 Å². The van der Waals surface area contributed by atoms with E-state index in [4.69, 9.17) is 18.9 Å². The number of nitrogens with zero attached hydrogens (tertiary/aromatic N) is 3. The molecule has 2 aromatic carbocycles. The van der Waals surface area contributed by atoms with Crippen molar-refractivity contribution in [2.24, 2.45) is 11.3 Å². The third kappa shape index (κ3) is 9.11. The van der Waals surface area contributed by atoms with Gasteiger partial charge in [-0.1, -0.05) is 44.2 Å². The molecule has 0 aliphatic carbocycles. The van der Waals surface area contributed by atoms with E-state index >= 15 is 0 Å². The lowest BCUT2D eigenvalue weighted by Gasteiger charge is -2.40. The van der Waals surface area contributed by atoms with Crippen LogP contribution in [0.3, 0.4) is 0 Å². The highest BCUT2D eigenvalue weighted by molar-refractivity contribution is 7.89. The Balaban J connectivity index is 1.44. The van der Waals surface area contributed by atoms with Crippen LogP contribution in [-0.4, -0.2) is 121 Å². The maximum Gasteiger partial charge on any atom is 0.407 e. The van der Waals surface area contributed by atoms with Gasteiger partial charge in [-0.05, 0) is 70.1 Å². The topological polar surface area (TPSA) is 167 Å². The SMILES string of the molecule is CC(C)N(C(=O)NCCC(C)(C)CN(C[C@@H](O)[C@H](Cc1ccccc1)N(C(=O)O)[C@H]1CO[C@H]2OCC[C@H]21)S(=O)(=O)c1ccc2c(c1)OCO2)C(C)C. The number of nitrogens with one attached hydrogen (secondary N) is 1. The highest BCUT2D eigenvalue weighted by Crippen LogP contribution is 2.38. The van der Waals surface area contributed by atoms with E-state index in [1.54, 1.807) is 4.90 Å². The summed E-state index contributed by atoms with van der Waals surface area (Å²) in [6.45, 7) is 12.0. The second kappa shape index (κ2) is 16.6. The molecule has 14 nitrogen and oxygen atoms in total. The molecule has 0 aromatic heterocycles. The van der Waals surface area contributed by atoms with Gasteiger partial charge in [-0.15, -0.1) is 0 Å². The highest BCUT2D eigenvalue weighted by atomic mass is 32.2. The first kappa shape index (κ1) is 39.6. The summed E-state index contributed by atoms with van der Waals surface area (Å²) in [5.41, 5.74) is 0.0977. The van der Waals surface area contributed by atoms with Crippen LogP contribution in [0.25, 0.3) is 0 Å². The van der Waals surface area contributed by atoms with Gasteiger partial charge in [0.25, 0.3) is 0 Å². The predicted molar refractivity (Wildman–Crippen MR) is 193 cm³/mol. The molecule has 3 aliphatic rings. The first-order valence-corrected chi connectivity index (χ1v) is 19.5. The van der Waals surface area contributed by atoms with Gasteiger partial charge in [-0.25, -0.2) is 18.0 Å². The van der Waals surface area contributed by atoms with Crippen LogP contribution < -0.4 is 14.8 Å². The van der Waals surface area contributed by atoms with Crippen LogP contribution >= 0.6 is 0 Å². The Bertz CT molecular complexity index is 1630. The van der Waals surface area contributed by atoms with Crippen molar-refractivity contribution < 1.29 is 47.2 Å². The normalized spacial score (nSPS) is 21.0. The smallest absolute Gasteiger partial charge is 0.407 e. The van der Waals surface area contributed by atoms with Crippen molar-refractivity contribution in [1.29, 1.82) is 0 Å². The summed E-state index contributed by atoms with van der Waals surface area (Å²) in [6.07, 6.45) is -2.04. The number of ether oxygens (including phenoxy) is 4. The average molecular weight is 747 g/mol. The number of benzene rings is 2. The Morgan fingerprint density at radius 2 is 1.69 bits per heavy atom. The van der Waals surface area contributed by atoms with Gasteiger partial charge in [0.05, 0.1) is 36.3 Å². The molecule has 3 N–H and O–H groups in total. The van der Waals surface area contributed by atoms with E-state index in [-0.39, 0.29) is 67.6 Å². The number of rotatable bonds is 16. The number of aliphatic hydroxyl groups is 1. The van der Waals surface area contributed by atoms with E-state index in [0.29, 0.717) is 25.2 Å². The van der Waals surface area contributed by atoms with E-state index in [2.05, 4.69) is 5.32 Å². The maximum atomic E-state index is 14.5. The molecule has 15 heteroatoms. The van der Waals surface area contributed by atoms with Crippen molar-refractivity contribution in [3.8, 4) is 11.5 Å². The lowest BCUT2D eigenvalue weighted by Crippen LogP contribution is -2.58. The molecular weight excluding hydrogens is 692 g/mol. The molecule has 52 heavy (non-hydrogen) atoms. The van der Waals surface area contributed by atoms with E-state index < -0.39 is 52.6 Å². The van der Waals surface area contributed by atoms with Crippen molar-refractivity contribution in [2.45, 2.75) is 102 Å². The Hall–Kier alpha value is -3.63. The number of urea groups is 1. The minimum atomic E-state index is -4.28. The Morgan fingerprint density at radius 3 is 2.37 bits per heavy atom. The summed E-state index contributed by atoms with van der Waals surface area (Å²) in [6, 6.07) is 11.8. The van der Waals surface area contributed by atoms with Gasteiger partial charge < -0.3 is 39.4 Å². The first-order valence-electron chi connectivity index (χ1n) is 18.0. The minimum absolute atomic E-state index is 0.00564. The van der Waals surface area contributed by atoms with Crippen molar-refractivity contribution >= 4 is 22.1 Å². The molecule has 0 unspecified atom stereocenters. The minimum Gasteiger partial charge on any atom is -0.465 e. The molecule has 3 aliphatic heterocycles. The fourth-order valence-electron chi connectivity index (χ4n) is 7.52. The van der Waals surface area contributed by atoms with Gasteiger partial charge in [0.15, 0.2) is 17.8 Å². The van der Waals surface area contributed by atoms with Gasteiger partial charge in [-0.2, -0.15) is 4.31 Å². The van der Waals surface area contributed by atoms with Gasteiger partial charge in [-0.3, -0.25) is 4.90 Å². The molecule has 0 spiro atoms. The largest absolute Gasteiger partial charge is 0.465 e.